The van der Waals surface area contributed by atoms with E-state index in [1.54, 1.807) is 14.2 Å². The Morgan fingerprint density at radius 2 is 1.96 bits per heavy atom. The predicted octanol–water partition coefficient (Wildman–Crippen LogP) is 3.63. The smallest absolute Gasteiger partial charge is 0.312 e. The van der Waals surface area contributed by atoms with Crippen LogP contribution < -0.4 is 9.47 Å². The minimum atomic E-state index is -0.692. The summed E-state index contributed by atoms with van der Waals surface area (Å²) < 4.78 is 10.4. The van der Waals surface area contributed by atoms with E-state index < -0.39 is 16.4 Å². The highest BCUT2D eigenvalue weighted by molar-refractivity contribution is 6.31. The monoisotopic (exact) mass is 364 g/mol. The Morgan fingerprint density at radius 1 is 1.24 bits per heavy atom. The molecule has 132 valence electrons. The molecular weight excluding hydrogens is 348 g/mol. The molecule has 0 radical (unpaired) electrons. The van der Waals surface area contributed by atoms with Gasteiger partial charge in [-0.05, 0) is 30.2 Å². The molecule has 0 spiro atoms. The van der Waals surface area contributed by atoms with Crippen LogP contribution in [0, 0.1) is 10.1 Å². The molecule has 0 aromatic heterocycles. The minimum absolute atomic E-state index is 0.158. The molecule has 0 fully saturated rings. The summed E-state index contributed by atoms with van der Waals surface area (Å²) in [5.41, 5.74) is 0.747. The summed E-state index contributed by atoms with van der Waals surface area (Å²) in [4.78, 5) is 14.4. The molecule has 0 saturated heterocycles. The highest BCUT2D eigenvalue weighted by Gasteiger charge is 2.17. The van der Waals surface area contributed by atoms with E-state index in [0.29, 0.717) is 24.5 Å². The fourth-order valence-electron chi connectivity index (χ4n) is 2.24. The Bertz CT molecular complexity index is 808. The van der Waals surface area contributed by atoms with Crippen LogP contribution in [-0.2, 0) is 6.42 Å². The van der Waals surface area contributed by atoms with Crippen LogP contribution >= 0.6 is 11.6 Å². The van der Waals surface area contributed by atoms with Crippen LogP contribution in [0.1, 0.15) is 11.1 Å². The maximum atomic E-state index is 10.9. The number of hydrogen-bond acceptors (Lipinski definition) is 6. The Morgan fingerprint density at radius 3 is 2.60 bits per heavy atom. The fraction of sp³-hybridized carbons (Fsp3) is 0.235. The number of methoxy groups -OCH3 is 2. The van der Waals surface area contributed by atoms with Crippen molar-refractivity contribution in [2.45, 2.75) is 6.42 Å². The van der Waals surface area contributed by atoms with Crippen LogP contribution in [0.2, 0.25) is 5.02 Å². The number of phenolic OH excluding ortho intramolecular Hbond substituents is 1. The summed E-state index contributed by atoms with van der Waals surface area (Å²) in [6.07, 6.45) is 2.00. The highest BCUT2D eigenvalue weighted by Crippen LogP contribution is 2.32. The molecule has 1 N–H and O–H groups in total. The number of benzene rings is 2. The average molecular weight is 365 g/mol. The van der Waals surface area contributed by atoms with Crippen molar-refractivity contribution < 1.29 is 19.5 Å². The van der Waals surface area contributed by atoms with Crippen LogP contribution in [-0.4, -0.2) is 37.0 Å². The lowest BCUT2D eigenvalue weighted by atomic mass is 10.1. The van der Waals surface area contributed by atoms with Gasteiger partial charge in [-0.1, -0.05) is 17.7 Å². The van der Waals surface area contributed by atoms with Gasteiger partial charge in [0.2, 0.25) is 5.75 Å². The molecule has 0 unspecified atom stereocenters. The molecule has 0 aliphatic heterocycles. The van der Waals surface area contributed by atoms with Crippen molar-refractivity contribution in [1.82, 2.24) is 0 Å². The fourth-order valence-corrected chi connectivity index (χ4v) is 2.46. The summed E-state index contributed by atoms with van der Waals surface area (Å²) in [6, 6.07) is 8.08. The van der Waals surface area contributed by atoms with E-state index in [-0.39, 0.29) is 10.6 Å². The zero-order valence-corrected chi connectivity index (χ0v) is 14.5. The Balaban J connectivity index is 2.08. The largest absolute Gasteiger partial charge is 0.502 e. The van der Waals surface area contributed by atoms with Crippen molar-refractivity contribution in [3.8, 4) is 17.2 Å². The molecule has 0 heterocycles. The lowest BCUT2D eigenvalue weighted by molar-refractivity contribution is -0.385. The highest BCUT2D eigenvalue weighted by atomic mass is 35.5. The third kappa shape index (κ3) is 4.60. The van der Waals surface area contributed by atoms with Gasteiger partial charge in [0.05, 0.1) is 19.1 Å². The molecule has 2 aromatic carbocycles. The molecule has 0 bridgehead atoms. The molecular formula is C17H17ClN2O5. The first-order valence-electron chi connectivity index (χ1n) is 7.34. The van der Waals surface area contributed by atoms with Gasteiger partial charge in [-0.25, -0.2) is 0 Å². The second kappa shape index (κ2) is 8.34. The molecule has 25 heavy (non-hydrogen) atoms. The number of phenols is 1. The quantitative estimate of drug-likeness (QED) is 0.460. The molecule has 0 amide bonds. The number of rotatable bonds is 7. The van der Waals surface area contributed by atoms with Gasteiger partial charge in [0.25, 0.3) is 0 Å². The van der Waals surface area contributed by atoms with E-state index in [4.69, 9.17) is 21.1 Å². The van der Waals surface area contributed by atoms with E-state index in [2.05, 4.69) is 4.99 Å². The van der Waals surface area contributed by atoms with Crippen LogP contribution in [0.15, 0.2) is 35.3 Å². The van der Waals surface area contributed by atoms with Crippen molar-refractivity contribution in [2.24, 2.45) is 4.99 Å². The SMILES string of the molecule is COc1ccc(CCN=Cc2cc(Cl)cc([N+](=O)[O-])c2O)cc1OC. The van der Waals surface area contributed by atoms with Gasteiger partial charge in [-0.15, -0.1) is 0 Å². The van der Waals surface area contributed by atoms with E-state index >= 15 is 0 Å². The third-order valence-electron chi connectivity index (χ3n) is 3.49. The second-order valence-electron chi connectivity index (χ2n) is 5.09. The van der Waals surface area contributed by atoms with Gasteiger partial charge in [-0.2, -0.15) is 0 Å². The van der Waals surface area contributed by atoms with E-state index in [1.807, 2.05) is 18.2 Å². The molecule has 2 aromatic rings. The zero-order chi connectivity index (χ0) is 18.4. The molecule has 8 heteroatoms. The first-order chi connectivity index (χ1) is 12.0. The number of nitro benzene ring substituents is 1. The molecule has 2 rings (SSSR count). The standard InChI is InChI=1S/C17H17ClN2O5/c1-24-15-4-3-11(7-16(15)25-2)5-6-19-10-12-8-13(18)9-14(17(12)21)20(22)23/h3-4,7-10,21H,5-6H2,1-2H3. The summed E-state index contributed by atoms with van der Waals surface area (Å²) in [6.45, 7) is 0.426. The van der Waals surface area contributed by atoms with Gasteiger partial charge in [-0.3, -0.25) is 15.1 Å². The van der Waals surface area contributed by atoms with Crippen LogP contribution in [0.25, 0.3) is 0 Å². The van der Waals surface area contributed by atoms with Crippen LogP contribution in [0.3, 0.4) is 0 Å². The van der Waals surface area contributed by atoms with Crippen LogP contribution in [0.5, 0.6) is 17.2 Å². The number of aliphatic imine (C=N–C) groups is 1. The lowest BCUT2D eigenvalue weighted by Gasteiger charge is -2.08. The third-order valence-corrected chi connectivity index (χ3v) is 3.71. The van der Waals surface area contributed by atoms with Gasteiger partial charge in [0.1, 0.15) is 0 Å². The van der Waals surface area contributed by atoms with E-state index in [0.717, 1.165) is 11.6 Å². The number of aromatic hydroxyl groups is 1. The minimum Gasteiger partial charge on any atom is -0.502 e. The Labute approximate surface area is 149 Å². The number of nitro groups is 1. The second-order valence-corrected chi connectivity index (χ2v) is 5.53. The van der Waals surface area contributed by atoms with Gasteiger partial charge in [0.15, 0.2) is 11.5 Å². The number of halogens is 1. The summed E-state index contributed by atoms with van der Waals surface area (Å²) in [5, 5.41) is 20.9. The molecule has 0 atom stereocenters. The Hall–Kier alpha value is -2.80. The number of ether oxygens (including phenoxy) is 2. The Kier molecular flexibility index (Phi) is 6.19. The normalized spacial score (nSPS) is 10.8. The lowest BCUT2D eigenvalue weighted by Crippen LogP contribution is -1.96. The summed E-state index contributed by atoms with van der Waals surface area (Å²) in [5.74, 6) is 0.822. The number of nitrogens with zero attached hydrogens (tertiary/aromatic N) is 2. The molecule has 0 aliphatic carbocycles. The van der Waals surface area contributed by atoms with E-state index in [9.17, 15) is 15.2 Å². The van der Waals surface area contributed by atoms with Gasteiger partial charge < -0.3 is 14.6 Å². The predicted molar refractivity (Wildman–Crippen MR) is 95.5 cm³/mol. The summed E-state index contributed by atoms with van der Waals surface area (Å²) >= 11 is 5.83. The maximum Gasteiger partial charge on any atom is 0.312 e. The van der Waals surface area contributed by atoms with Crippen molar-refractivity contribution in [3.63, 3.8) is 0 Å². The van der Waals surface area contributed by atoms with Crippen molar-refractivity contribution in [3.05, 3.63) is 56.6 Å². The van der Waals surface area contributed by atoms with E-state index in [1.165, 1.54) is 12.3 Å². The van der Waals surface area contributed by atoms with Crippen LogP contribution in [0.4, 0.5) is 5.69 Å². The van der Waals surface area contributed by atoms with Crippen molar-refractivity contribution >= 4 is 23.5 Å². The first-order valence-corrected chi connectivity index (χ1v) is 7.71. The zero-order valence-electron chi connectivity index (χ0n) is 13.7. The van der Waals surface area contributed by atoms with Gasteiger partial charge >= 0.3 is 5.69 Å². The van der Waals surface area contributed by atoms with Crippen molar-refractivity contribution in [1.29, 1.82) is 0 Å². The number of hydrogen-bond donors (Lipinski definition) is 1. The van der Waals surface area contributed by atoms with Crippen molar-refractivity contribution in [2.75, 3.05) is 20.8 Å². The molecule has 0 aliphatic rings. The average Bonchev–Trinajstić information content (AvgIpc) is 2.60. The molecule has 7 nitrogen and oxygen atoms in total. The topological polar surface area (TPSA) is 94.2 Å². The maximum absolute atomic E-state index is 10.9. The van der Waals surface area contributed by atoms with Gasteiger partial charge in [0, 0.05) is 29.4 Å². The first kappa shape index (κ1) is 18.5. The molecule has 0 saturated carbocycles. The summed E-state index contributed by atoms with van der Waals surface area (Å²) in [7, 11) is 3.13.